The van der Waals surface area contributed by atoms with Crippen LogP contribution in [0.4, 0.5) is 0 Å². The van der Waals surface area contributed by atoms with E-state index in [0.29, 0.717) is 11.9 Å². The number of benzene rings is 1. The summed E-state index contributed by atoms with van der Waals surface area (Å²) in [5.74, 6) is 0. The number of nitrogens with one attached hydrogen (secondary N) is 1. The molecule has 7 heteroatoms. The van der Waals surface area contributed by atoms with Crippen molar-refractivity contribution in [1.29, 1.82) is 0 Å². The highest BCUT2D eigenvalue weighted by Crippen LogP contribution is 2.32. The van der Waals surface area contributed by atoms with Gasteiger partial charge in [-0.2, -0.15) is 5.10 Å². The first-order chi connectivity index (χ1) is 9.65. The number of rotatable bonds is 3. The van der Waals surface area contributed by atoms with E-state index in [0.717, 1.165) is 22.2 Å². The Morgan fingerprint density at radius 1 is 1.50 bits per heavy atom. The highest BCUT2D eigenvalue weighted by atomic mass is 127. The molecule has 5 nitrogen and oxygen atoms in total. The first-order valence-corrected chi connectivity index (χ1v) is 9.98. The van der Waals surface area contributed by atoms with Crippen molar-refractivity contribution < 1.29 is 0 Å². The highest BCUT2D eigenvalue weighted by Gasteiger charge is 2.12. The molecule has 0 spiro atoms. The van der Waals surface area contributed by atoms with Crippen LogP contribution in [0.15, 0.2) is 35.8 Å². The molecule has 0 aliphatic carbocycles. The normalized spacial score (nSPS) is 11.7. The molecule has 3 aromatic rings. The van der Waals surface area contributed by atoms with Gasteiger partial charge in [-0.15, -0.1) is 0 Å². The maximum Gasteiger partial charge on any atom is 0.274 e. The molecule has 0 saturated carbocycles. The molecule has 0 fully saturated rings. The number of nitrogens with zero attached hydrogens (tertiary/aromatic N) is 3. The van der Waals surface area contributed by atoms with E-state index < -0.39 is 0 Å². The molecule has 0 saturated heterocycles. The second kappa shape index (κ2) is 5.18. The van der Waals surface area contributed by atoms with Crippen LogP contribution in [0, 0.1) is 0 Å². The minimum absolute atomic E-state index is 0.0346. The van der Waals surface area contributed by atoms with Crippen LogP contribution in [-0.4, -0.2) is 19.3 Å². The second-order valence-electron chi connectivity index (χ2n) is 4.37. The van der Waals surface area contributed by atoms with Gasteiger partial charge in [-0.3, -0.25) is 9.48 Å². The molecular formula is C13H12IN4OP. The Hall–Kier alpha value is -1.40. The topological polar surface area (TPSA) is 55.6 Å². The molecule has 1 aromatic carbocycles. The molecule has 1 unspecified atom stereocenters. The smallest absolute Gasteiger partial charge is 0.274 e. The van der Waals surface area contributed by atoms with E-state index in [2.05, 4.69) is 38.8 Å². The molecule has 20 heavy (non-hydrogen) atoms. The summed E-state index contributed by atoms with van der Waals surface area (Å²) in [5.41, 5.74) is 3.42. The fraction of sp³-hybridized carbons (Fsp3) is 0.0769. The van der Waals surface area contributed by atoms with Crippen molar-refractivity contribution in [2.45, 2.75) is 0 Å². The predicted octanol–water partition coefficient (Wildman–Crippen LogP) is 3.16. The molecule has 2 aromatic heterocycles. The van der Waals surface area contributed by atoms with Crippen molar-refractivity contribution in [3.63, 3.8) is 0 Å². The van der Waals surface area contributed by atoms with Crippen LogP contribution >= 0.6 is 28.4 Å². The third-order valence-electron chi connectivity index (χ3n) is 3.23. The lowest BCUT2D eigenvalue weighted by molar-refractivity contribution is 0.740. The summed E-state index contributed by atoms with van der Waals surface area (Å²) in [7, 11) is 1.70. The Kier molecular flexibility index (Phi) is 3.52. The van der Waals surface area contributed by atoms with Crippen molar-refractivity contribution in [3.8, 4) is 11.1 Å². The summed E-state index contributed by atoms with van der Waals surface area (Å²) < 4.78 is 3.41. The third-order valence-corrected chi connectivity index (χ3v) is 5.10. The average molecular weight is 398 g/mol. The second-order valence-corrected chi connectivity index (χ2v) is 6.41. The largest absolute Gasteiger partial charge is 0.303 e. The Labute approximate surface area is 130 Å². The Balaban J connectivity index is 2.27. The quantitative estimate of drug-likeness (QED) is 0.545. The van der Waals surface area contributed by atoms with Gasteiger partial charge in [-0.05, 0) is 45.8 Å². The van der Waals surface area contributed by atoms with Crippen molar-refractivity contribution in [1.82, 2.24) is 19.3 Å². The standard InChI is InChI=1S/C13H12IN4OP/c1-3-11-9-6-8(10-7-15-17(2)13(10)19)4-5-12(9)18(16-11)20-14/h3-7,15,20H,1H2,2H3. The summed E-state index contributed by atoms with van der Waals surface area (Å²) in [6.45, 7) is 3.81. The zero-order valence-electron chi connectivity index (χ0n) is 10.7. The van der Waals surface area contributed by atoms with Crippen LogP contribution < -0.4 is 5.56 Å². The van der Waals surface area contributed by atoms with Gasteiger partial charge in [-0.1, -0.05) is 12.6 Å². The van der Waals surface area contributed by atoms with Gasteiger partial charge in [0.25, 0.3) is 5.56 Å². The number of aryl methyl sites for hydroxylation is 1. The number of hydrogen-bond donors (Lipinski definition) is 1. The van der Waals surface area contributed by atoms with Gasteiger partial charge in [0, 0.05) is 18.6 Å². The summed E-state index contributed by atoms with van der Waals surface area (Å²) in [4.78, 5) is 12.0. The number of aromatic amines is 1. The van der Waals surface area contributed by atoms with Crippen LogP contribution in [0.2, 0.25) is 0 Å². The molecule has 1 atom stereocenters. The molecule has 0 bridgehead atoms. The van der Waals surface area contributed by atoms with Crippen molar-refractivity contribution in [3.05, 3.63) is 47.0 Å². The van der Waals surface area contributed by atoms with Gasteiger partial charge in [0.2, 0.25) is 0 Å². The predicted molar refractivity (Wildman–Crippen MR) is 92.6 cm³/mol. The van der Waals surface area contributed by atoms with E-state index in [1.807, 2.05) is 22.7 Å². The Bertz CT molecular complexity index is 861. The highest BCUT2D eigenvalue weighted by molar-refractivity contribution is 14.2. The maximum absolute atomic E-state index is 12.0. The van der Waals surface area contributed by atoms with E-state index in [-0.39, 0.29) is 5.56 Å². The molecule has 102 valence electrons. The Morgan fingerprint density at radius 2 is 2.30 bits per heavy atom. The van der Waals surface area contributed by atoms with Crippen molar-refractivity contribution in [2.24, 2.45) is 7.05 Å². The number of aromatic nitrogens is 4. The zero-order valence-corrected chi connectivity index (χ0v) is 13.9. The van der Waals surface area contributed by atoms with Crippen LogP contribution in [-0.2, 0) is 7.05 Å². The number of halogens is 1. The van der Waals surface area contributed by atoms with Gasteiger partial charge in [-0.25, -0.2) is 4.45 Å². The number of fused-ring (bicyclic) bond motifs is 1. The fourth-order valence-corrected chi connectivity index (χ4v) is 3.73. The van der Waals surface area contributed by atoms with E-state index in [1.165, 1.54) is 4.68 Å². The van der Waals surface area contributed by atoms with E-state index >= 15 is 0 Å². The molecule has 0 amide bonds. The average Bonchev–Trinajstić information content (AvgIpc) is 2.99. The van der Waals surface area contributed by atoms with E-state index in [9.17, 15) is 4.79 Å². The van der Waals surface area contributed by atoms with Crippen molar-refractivity contribution in [2.75, 3.05) is 0 Å². The molecule has 0 aliphatic rings. The summed E-state index contributed by atoms with van der Waals surface area (Å²) >= 11 is 2.30. The minimum atomic E-state index is -0.0346. The third kappa shape index (κ3) is 2.03. The molecular weight excluding hydrogens is 386 g/mol. The van der Waals surface area contributed by atoms with Gasteiger partial charge in [0.1, 0.15) is 0 Å². The van der Waals surface area contributed by atoms with Gasteiger partial charge in [0.05, 0.1) is 23.1 Å². The summed E-state index contributed by atoms with van der Waals surface area (Å²) in [6, 6.07) is 5.95. The molecule has 0 aliphatic heterocycles. The monoisotopic (exact) mass is 398 g/mol. The molecule has 2 heterocycles. The van der Waals surface area contributed by atoms with Gasteiger partial charge < -0.3 is 5.10 Å². The zero-order chi connectivity index (χ0) is 14.3. The van der Waals surface area contributed by atoms with Crippen molar-refractivity contribution >= 4 is 45.4 Å². The first kappa shape index (κ1) is 13.6. The number of hydrogen-bond acceptors (Lipinski definition) is 2. The Morgan fingerprint density at radius 3 is 2.90 bits per heavy atom. The fourth-order valence-electron chi connectivity index (χ4n) is 2.19. The lowest BCUT2D eigenvalue weighted by Crippen LogP contribution is -2.13. The van der Waals surface area contributed by atoms with E-state index in [1.54, 1.807) is 19.3 Å². The lowest BCUT2D eigenvalue weighted by atomic mass is 10.1. The SMILES string of the molecule is C=Cc1nn(PI)c2ccc(-c3c[nH]n(C)c3=O)cc12. The van der Waals surface area contributed by atoms with E-state index in [4.69, 9.17) is 0 Å². The van der Waals surface area contributed by atoms with Crippen LogP contribution in [0.5, 0.6) is 0 Å². The molecule has 0 radical (unpaired) electrons. The number of H-pyrrole nitrogens is 1. The minimum Gasteiger partial charge on any atom is -0.303 e. The van der Waals surface area contributed by atoms with Crippen LogP contribution in [0.25, 0.3) is 28.1 Å². The molecule has 3 rings (SSSR count). The first-order valence-electron chi connectivity index (χ1n) is 5.92. The summed E-state index contributed by atoms with van der Waals surface area (Å²) in [5, 5.41) is 8.41. The summed E-state index contributed by atoms with van der Waals surface area (Å²) in [6.07, 6.45) is 4.00. The van der Waals surface area contributed by atoms with Crippen LogP contribution in [0.3, 0.4) is 0 Å². The van der Waals surface area contributed by atoms with Crippen LogP contribution in [0.1, 0.15) is 5.69 Å². The maximum atomic E-state index is 12.0. The van der Waals surface area contributed by atoms with Gasteiger partial charge in [0.15, 0.2) is 0 Å². The molecule has 1 N–H and O–H groups in total. The van der Waals surface area contributed by atoms with Gasteiger partial charge >= 0.3 is 0 Å². The lowest BCUT2D eigenvalue weighted by Gasteiger charge is -1.99.